The number of rotatable bonds is 9. The number of likely N-dealkylation sites (tertiary alicyclic amines) is 1. The second kappa shape index (κ2) is 12.8. The number of likely N-dealkylation sites (N-methyl/N-ethyl adjacent to an activating group) is 1. The van der Waals surface area contributed by atoms with E-state index in [9.17, 15) is 28.8 Å². The van der Waals surface area contributed by atoms with Crippen molar-refractivity contribution in [3.8, 4) is 6.07 Å². The summed E-state index contributed by atoms with van der Waals surface area (Å²) >= 11 is 0. The van der Waals surface area contributed by atoms with Crippen LogP contribution in [0.3, 0.4) is 0 Å². The molecule has 0 radical (unpaired) electrons. The van der Waals surface area contributed by atoms with E-state index in [1.54, 1.807) is 6.07 Å². The number of nitrogens with zero attached hydrogens (tertiary/aromatic N) is 5. The first kappa shape index (κ1) is 31.3. The molecule has 11 nitrogen and oxygen atoms in total. The van der Waals surface area contributed by atoms with Crippen LogP contribution in [0.5, 0.6) is 0 Å². The van der Waals surface area contributed by atoms with Crippen LogP contribution < -0.4 is 10.6 Å². The van der Waals surface area contributed by atoms with Crippen molar-refractivity contribution in [3.63, 3.8) is 0 Å². The van der Waals surface area contributed by atoms with Gasteiger partial charge in [-0.05, 0) is 41.7 Å². The lowest BCUT2D eigenvalue weighted by Gasteiger charge is -2.35. The fourth-order valence-electron chi connectivity index (χ4n) is 6.15. The Morgan fingerprint density at radius 1 is 1.18 bits per heavy atom. The highest BCUT2D eigenvalue weighted by molar-refractivity contribution is 6.07. The minimum absolute atomic E-state index is 0.00112. The van der Waals surface area contributed by atoms with E-state index >= 15 is 0 Å². The molecular weight excluding hydrogens is 577 g/mol. The number of benzene rings is 2. The minimum Gasteiger partial charge on any atom is -0.339 e. The lowest BCUT2D eigenvalue weighted by molar-refractivity contribution is -0.146. The van der Waals surface area contributed by atoms with E-state index in [0.717, 1.165) is 5.56 Å². The average Bonchev–Trinajstić information content (AvgIpc) is 3.57. The highest BCUT2D eigenvalue weighted by Gasteiger charge is 2.56. The van der Waals surface area contributed by atoms with E-state index < -0.39 is 47.1 Å². The van der Waals surface area contributed by atoms with E-state index in [4.69, 9.17) is 0 Å². The SMILES string of the molecule is CC(C)C[C@@H](C(=O)N1C[C@]2(C[C@H]1C#N)C(=O)Nc1ccccc12)N(C)C(=O)C(Cc1ccc(F)cc1)NC(=O)c1cnccn1. The van der Waals surface area contributed by atoms with Gasteiger partial charge in [-0.3, -0.25) is 24.2 Å². The number of carbonyl (C=O) groups excluding carboxylic acids is 4. The Kier molecular flexibility index (Phi) is 8.90. The van der Waals surface area contributed by atoms with E-state index in [1.165, 1.54) is 59.7 Å². The molecule has 1 saturated heterocycles. The first-order chi connectivity index (χ1) is 21.5. The van der Waals surface area contributed by atoms with Gasteiger partial charge in [-0.2, -0.15) is 5.26 Å². The molecule has 4 atom stereocenters. The van der Waals surface area contributed by atoms with Gasteiger partial charge in [0.1, 0.15) is 29.6 Å². The highest BCUT2D eigenvalue weighted by Crippen LogP contribution is 2.46. The molecule has 5 rings (SSSR count). The Morgan fingerprint density at radius 2 is 1.91 bits per heavy atom. The van der Waals surface area contributed by atoms with Gasteiger partial charge in [0.2, 0.25) is 17.7 Å². The molecule has 232 valence electrons. The highest BCUT2D eigenvalue weighted by atomic mass is 19.1. The van der Waals surface area contributed by atoms with E-state index in [-0.39, 0.29) is 43.3 Å². The first-order valence-corrected chi connectivity index (χ1v) is 14.7. The van der Waals surface area contributed by atoms with Crippen molar-refractivity contribution >= 4 is 29.3 Å². The van der Waals surface area contributed by atoms with Gasteiger partial charge in [0, 0.05) is 44.5 Å². The Morgan fingerprint density at radius 3 is 2.58 bits per heavy atom. The van der Waals surface area contributed by atoms with Crippen molar-refractivity contribution < 1.29 is 23.6 Å². The van der Waals surface area contributed by atoms with Crippen LogP contribution in [0.15, 0.2) is 67.1 Å². The quantitative estimate of drug-likeness (QED) is 0.378. The molecule has 1 spiro atoms. The number of amides is 4. The maximum Gasteiger partial charge on any atom is 0.272 e. The lowest BCUT2D eigenvalue weighted by Crippen LogP contribution is -2.56. The van der Waals surface area contributed by atoms with E-state index in [2.05, 4.69) is 26.7 Å². The molecule has 0 aliphatic carbocycles. The number of hydrogen-bond acceptors (Lipinski definition) is 7. The van der Waals surface area contributed by atoms with Gasteiger partial charge in [0.15, 0.2) is 0 Å². The summed E-state index contributed by atoms with van der Waals surface area (Å²) in [4.78, 5) is 65.5. The van der Waals surface area contributed by atoms with Crippen LogP contribution >= 0.6 is 0 Å². The number of fused-ring (bicyclic) bond motifs is 2. The van der Waals surface area contributed by atoms with Gasteiger partial charge >= 0.3 is 0 Å². The smallest absolute Gasteiger partial charge is 0.272 e. The molecule has 2 aliphatic heterocycles. The largest absolute Gasteiger partial charge is 0.339 e. The summed E-state index contributed by atoms with van der Waals surface area (Å²) in [7, 11) is 1.49. The molecule has 2 aliphatic rings. The molecule has 1 unspecified atom stereocenters. The number of nitriles is 1. The zero-order chi connectivity index (χ0) is 32.3. The third-order valence-electron chi connectivity index (χ3n) is 8.46. The van der Waals surface area contributed by atoms with Gasteiger partial charge in [-0.15, -0.1) is 0 Å². The van der Waals surface area contributed by atoms with Crippen LogP contribution in [-0.2, 0) is 26.2 Å². The summed E-state index contributed by atoms with van der Waals surface area (Å²) in [5.74, 6) is -2.39. The molecule has 3 aromatic rings. The van der Waals surface area contributed by atoms with Crippen LogP contribution in [0.25, 0.3) is 0 Å². The van der Waals surface area contributed by atoms with Crippen LogP contribution in [0.1, 0.15) is 48.3 Å². The Labute approximate surface area is 260 Å². The number of aromatic nitrogens is 2. The molecule has 45 heavy (non-hydrogen) atoms. The zero-order valence-corrected chi connectivity index (χ0v) is 25.2. The Hall–Kier alpha value is -5.18. The van der Waals surface area contributed by atoms with Crippen molar-refractivity contribution in [2.75, 3.05) is 18.9 Å². The van der Waals surface area contributed by atoms with Gasteiger partial charge in [-0.1, -0.05) is 44.2 Å². The lowest BCUT2D eigenvalue weighted by atomic mass is 9.80. The second-order valence-corrected chi connectivity index (χ2v) is 11.9. The number of hydrogen-bond donors (Lipinski definition) is 2. The number of nitrogens with one attached hydrogen (secondary N) is 2. The summed E-state index contributed by atoms with van der Waals surface area (Å²) < 4.78 is 13.6. The maximum atomic E-state index is 14.3. The van der Waals surface area contributed by atoms with Crippen molar-refractivity contribution in [3.05, 3.63) is 89.8 Å². The zero-order valence-electron chi connectivity index (χ0n) is 25.2. The molecule has 1 fully saturated rings. The van der Waals surface area contributed by atoms with Crippen LogP contribution in [-0.4, -0.2) is 75.1 Å². The van der Waals surface area contributed by atoms with Gasteiger partial charge < -0.3 is 20.4 Å². The monoisotopic (exact) mass is 611 g/mol. The fraction of sp³-hybridized carbons (Fsp3) is 0.364. The van der Waals surface area contributed by atoms with Gasteiger partial charge in [0.05, 0.1) is 17.7 Å². The van der Waals surface area contributed by atoms with Crippen molar-refractivity contribution in [2.45, 2.75) is 56.7 Å². The molecule has 12 heteroatoms. The van der Waals surface area contributed by atoms with Crippen molar-refractivity contribution in [2.24, 2.45) is 5.92 Å². The molecule has 0 saturated carbocycles. The number of para-hydroxylation sites is 1. The molecule has 0 bridgehead atoms. The third kappa shape index (κ3) is 6.24. The molecule has 3 heterocycles. The van der Waals surface area contributed by atoms with E-state index in [0.29, 0.717) is 11.3 Å². The first-order valence-electron chi connectivity index (χ1n) is 14.7. The predicted molar refractivity (Wildman–Crippen MR) is 162 cm³/mol. The van der Waals surface area contributed by atoms with E-state index in [1.807, 2.05) is 32.0 Å². The van der Waals surface area contributed by atoms with Crippen molar-refractivity contribution in [1.82, 2.24) is 25.1 Å². The Balaban J connectivity index is 1.44. The fourth-order valence-corrected chi connectivity index (χ4v) is 6.15. The maximum absolute atomic E-state index is 14.3. The normalized spacial score (nSPS) is 19.9. The van der Waals surface area contributed by atoms with Crippen molar-refractivity contribution in [1.29, 1.82) is 5.26 Å². The second-order valence-electron chi connectivity index (χ2n) is 11.9. The summed E-state index contributed by atoms with van der Waals surface area (Å²) in [5, 5.41) is 15.7. The average molecular weight is 612 g/mol. The minimum atomic E-state index is -1.14. The third-order valence-corrected chi connectivity index (χ3v) is 8.46. The predicted octanol–water partition coefficient (Wildman–Crippen LogP) is 2.84. The molecule has 4 amide bonds. The van der Waals surface area contributed by atoms with Gasteiger partial charge in [-0.25, -0.2) is 9.37 Å². The molecule has 2 aromatic carbocycles. The summed E-state index contributed by atoms with van der Waals surface area (Å²) in [6, 6.07) is 12.0. The summed E-state index contributed by atoms with van der Waals surface area (Å²) in [6.07, 6.45) is 4.46. The Bertz CT molecular complexity index is 1640. The topological polar surface area (TPSA) is 148 Å². The summed E-state index contributed by atoms with van der Waals surface area (Å²) in [6.45, 7) is 3.82. The number of halogens is 1. The number of anilines is 1. The molecular formula is C33H34FN7O4. The molecule has 2 N–H and O–H groups in total. The summed E-state index contributed by atoms with van der Waals surface area (Å²) in [5.41, 5.74) is 0.906. The van der Waals surface area contributed by atoms with Crippen LogP contribution in [0.2, 0.25) is 0 Å². The van der Waals surface area contributed by atoms with Gasteiger partial charge in [0.25, 0.3) is 5.91 Å². The standard InChI is InChI=1S/C33H34FN7O4/c1-20(2)14-28(31(44)41-19-33(16-23(41)17-35)24-6-4-5-7-25(24)39-32(33)45)40(3)30(43)26(15-21-8-10-22(34)11-9-21)38-29(42)27-18-36-12-13-37-27/h4-13,18,20,23,26,28H,14-16,19H2,1-3H3,(H,38,42)(H,39,45)/t23-,26?,28-,33-/m0/s1. The van der Waals surface area contributed by atoms with Crippen LogP contribution in [0, 0.1) is 23.1 Å². The number of carbonyl (C=O) groups is 4. The van der Waals surface area contributed by atoms with Crippen LogP contribution in [0.4, 0.5) is 10.1 Å². The molecule has 1 aromatic heterocycles.